The number of hydrogen-bond donors (Lipinski definition) is 3. The molecule has 3 rings (SSSR count). The van der Waals surface area contributed by atoms with Gasteiger partial charge in [-0.15, -0.1) is 6.54 Å². The fourth-order valence-corrected chi connectivity index (χ4v) is 3.27. The molecule has 1 amide bonds. The first-order chi connectivity index (χ1) is 18.0. The molecule has 0 atom stereocenters. The second kappa shape index (κ2) is 19.5. The van der Waals surface area contributed by atoms with Gasteiger partial charge < -0.3 is 26.6 Å². The molecular weight excluding hydrogens is 536 g/mol. The SMILES string of the molecule is CC(=[OH+])/C=C(/C)O.CC(=[OH+])/C=C(/C)O.[Cr+5].[NH-]CC[N-]CCCNC(=O)c1cccc2cc3ccccc3nc12. The number of nitrogens with zero attached hydrogens (tertiary/aromatic N) is 2. The number of carbonyl (C=O) groups is 1. The summed E-state index contributed by atoms with van der Waals surface area (Å²) in [5, 5.41) is 26.0. The molecule has 2 aromatic carbocycles. The number of ketones is 2. The summed E-state index contributed by atoms with van der Waals surface area (Å²) < 4.78 is 0. The van der Waals surface area contributed by atoms with Crippen LogP contribution in [0.25, 0.3) is 32.9 Å². The van der Waals surface area contributed by atoms with E-state index in [1.165, 1.54) is 39.8 Å². The molecule has 0 saturated carbocycles. The number of para-hydroxylation sites is 2. The van der Waals surface area contributed by atoms with Crippen molar-refractivity contribution in [1.29, 1.82) is 0 Å². The number of allylic oxidation sites excluding steroid dienone is 4. The van der Waals surface area contributed by atoms with Gasteiger partial charge in [-0.2, -0.15) is 13.1 Å². The van der Waals surface area contributed by atoms with Crippen LogP contribution in [0.2, 0.25) is 0 Å². The van der Waals surface area contributed by atoms with Gasteiger partial charge in [-0.3, -0.25) is 14.4 Å². The first-order valence-electron chi connectivity index (χ1n) is 12.2. The number of carbonyl (C=O) groups excluding carboxylic acids is 3. The molecule has 0 bridgehead atoms. The van der Waals surface area contributed by atoms with Crippen molar-refractivity contribution >= 4 is 39.3 Å². The van der Waals surface area contributed by atoms with E-state index in [1.807, 2.05) is 42.5 Å². The van der Waals surface area contributed by atoms with E-state index in [1.54, 1.807) is 0 Å². The van der Waals surface area contributed by atoms with E-state index in [2.05, 4.69) is 21.7 Å². The molecule has 10 heteroatoms. The van der Waals surface area contributed by atoms with Crippen LogP contribution >= 0.6 is 0 Å². The summed E-state index contributed by atoms with van der Waals surface area (Å²) in [7, 11) is 0. The zero-order valence-corrected chi connectivity index (χ0v) is 24.1. The monoisotopic (exact) mass is 574 g/mol. The minimum Gasteiger partial charge on any atom is -0.679 e. The maximum Gasteiger partial charge on any atom is 5.00 e. The van der Waals surface area contributed by atoms with Crippen LogP contribution in [0.15, 0.2) is 72.2 Å². The molecule has 0 aliphatic carbocycles. The van der Waals surface area contributed by atoms with Gasteiger partial charge in [-0.25, -0.2) is 4.98 Å². The largest absolute Gasteiger partial charge is 5.00 e. The Morgan fingerprint density at radius 2 is 1.54 bits per heavy atom. The van der Waals surface area contributed by atoms with Gasteiger partial charge >= 0.3 is 28.9 Å². The number of benzene rings is 2. The molecule has 0 fully saturated rings. The second-order valence-electron chi connectivity index (χ2n) is 8.44. The van der Waals surface area contributed by atoms with Crippen molar-refractivity contribution in [3.05, 3.63) is 88.8 Å². The minimum absolute atomic E-state index is 0. The van der Waals surface area contributed by atoms with E-state index in [0.29, 0.717) is 31.7 Å². The Morgan fingerprint density at radius 1 is 0.949 bits per heavy atom. The Hall–Kier alpha value is -3.55. The maximum atomic E-state index is 12.5. The van der Waals surface area contributed by atoms with Crippen LogP contribution in [0.1, 0.15) is 44.5 Å². The molecule has 9 nitrogen and oxygen atoms in total. The number of aliphatic hydroxyl groups is 2. The number of nitrogens with one attached hydrogen (secondary N) is 2. The smallest absolute Gasteiger partial charge is 0.679 e. The number of pyridine rings is 1. The van der Waals surface area contributed by atoms with Crippen molar-refractivity contribution < 1.29 is 42.0 Å². The summed E-state index contributed by atoms with van der Waals surface area (Å²) in [5.41, 5.74) is 9.24. The Labute approximate surface area is 240 Å². The first kappa shape index (κ1) is 35.5. The van der Waals surface area contributed by atoms with Gasteiger partial charge in [0.2, 0.25) is 0 Å². The predicted molar refractivity (Wildman–Crippen MR) is 156 cm³/mol. The number of amides is 1. The number of fused-ring (bicyclic) bond motifs is 2. The molecule has 3 aromatic rings. The summed E-state index contributed by atoms with van der Waals surface area (Å²) in [6, 6.07) is 15.6. The van der Waals surface area contributed by atoms with Crippen molar-refractivity contribution in [3.8, 4) is 0 Å². The summed E-state index contributed by atoms with van der Waals surface area (Å²) in [5.74, 6) is 0.392. The molecule has 0 spiro atoms. The van der Waals surface area contributed by atoms with E-state index in [4.69, 9.17) is 25.5 Å². The zero-order chi connectivity index (χ0) is 28.5. The Kier molecular flexibility index (Phi) is 17.7. The number of rotatable bonds is 9. The molecule has 0 aliphatic heterocycles. The van der Waals surface area contributed by atoms with E-state index in [0.717, 1.165) is 28.2 Å². The second-order valence-corrected chi connectivity index (χ2v) is 8.44. The average Bonchev–Trinajstić information content (AvgIpc) is 2.83. The van der Waals surface area contributed by atoms with Gasteiger partial charge in [0, 0.05) is 17.3 Å². The third-order valence-electron chi connectivity index (χ3n) is 4.68. The van der Waals surface area contributed by atoms with Crippen molar-refractivity contribution in [1.82, 2.24) is 10.3 Å². The molecule has 205 valence electrons. The minimum atomic E-state index is -0.108. The number of hydrogen-bond acceptors (Lipinski definition) is 4. The van der Waals surface area contributed by atoms with Crippen molar-refractivity contribution in [2.45, 2.75) is 34.1 Å². The summed E-state index contributed by atoms with van der Waals surface area (Å²) in [4.78, 5) is 33.9. The molecule has 0 aliphatic rings. The van der Waals surface area contributed by atoms with Gasteiger partial charge in [0.05, 0.1) is 54.1 Å². The maximum absolute atomic E-state index is 12.5. The van der Waals surface area contributed by atoms with Gasteiger partial charge in [0.15, 0.2) is 0 Å². The Morgan fingerprint density at radius 3 is 2.08 bits per heavy atom. The normalized spacial score (nSPS) is 10.9. The third-order valence-corrected chi connectivity index (χ3v) is 4.68. The Bertz CT molecular complexity index is 1260. The molecule has 0 saturated heterocycles. The van der Waals surface area contributed by atoms with E-state index in [9.17, 15) is 4.79 Å². The zero-order valence-electron chi connectivity index (χ0n) is 22.8. The quantitative estimate of drug-likeness (QED) is 0.0945. The fraction of sp³-hybridized carbons (Fsp3) is 0.310. The van der Waals surface area contributed by atoms with Crippen LogP contribution in [0.4, 0.5) is 0 Å². The fourth-order valence-electron chi connectivity index (χ4n) is 3.27. The van der Waals surface area contributed by atoms with Crippen LogP contribution in [0, 0.1) is 0 Å². The predicted octanol–water partition coefficient (Wildman–Crippen LogP) is 5.96. The van der Waals surface area contributed by atoms with Crippen LogP contribution in [0.3, 0.4) is 0 Å². The number of aromatic nitrogens is 1. The summed E-state index contributed by atoms with van der Waals surface area (Å²) in [6.45, 7) is 8.14. The standard InChI is InChI=1S/C19H20N4O.2C5H8O2.Cr/c20-9-12-21-10-4-11-22-19(24)16-7-3-6-15-13-14-5-1-2-8-17(14)23-18(15)16;2*1-4(6)3-5(2)7;/h1-3,5-8,13,20H,4,9-12H2,(H,22,24);2*3,6H,1-2H3;/q-2;;;+5/p+2/b;2*4-3-;. The van der Waals surface area contributed by atoms with Gasteiger partial charge in [0.25, 0.3) is 5.91 Å². The average molecular weight is 575 g/mol. The van der Waals surface area contributed by atoms with Crippen LogP contribution in [-0.2, 0) is 17.4 Å². The van der Waals surface area contributed by atoms with E-state index < -0.39 is 0 Å². The first-order valence-corrected chi connectivity index (χ1v) is 12.2. The molecule has 6 N–H and O–H groups in total. The van der Waals surface area contributed by atoms with Crippen molar-refractivity contribution in [3.63, 3.8) is 0 Å². The van der Waals surface area contributed by atoms with Crippen molar-refractivity contribution in [2.75, 3.05) is 26.2 Å². The Balaban J connectivity index is 0.000000801. The molecular formula is C29H38CrN4O5+5. The van der Waals surface area contributed by atoms with Gasteiger partial charge in [0.1, 0.15) is 0 Å². The van der Waals surface area contributed by atoms with Crippen LogP contribution in [0.5, 0.6) is 0 Å². The summed E-state index contributed by atoms with van der Waals surface area (Å²) in [6.07, 6.45) is 3.34. The van der Waals surface area contributed by atoms with Gasteiger partial charge in [-0.1, -0.05) is 36.8 Å². The van der Waals surface area contributed by atoms with E-state index in [-0.39, 0.29) is 46.4 Å². The van der Waals surface area contributed by atoms with Crippen LogP contribution < -0.4 is 5.32 Å². The molecule has 39 heavy (non-hydrogen) atoms. The topological polar surface area (TPSA) is 163 Å². The molecule has 0 unspecified atom stereocenters. The molecule has 1 heterocycles. The molecule has 1 radical (unpaired) electrons. The van der Waals surface area contributed by atoms with Crippen molar-refractivity contribution in [2.24, 2.45) is 0 Å². The third kappa shape index (κ3) is 14.8. The van der Waals surface area contributed by atoms with E-state index >= 15 is 0 Å². The number of aliphatic hydroxyl groups excluding tert-OH is 2. The summed E-state index contributed by atoms with van der Waals surface area (Å²) >= 11 is 0. The molecule has 1 aromatic heterocycles. The van der Waals surface area contributed by atoms with Gasteiger partial charge in [-0.05, 0) is 32.0 Å². The van der Waals surface area contributed by atoms with Crippen LogP contribution in [-0.4, -0.2) is 68.4 Å².